The van der Waals surface area contributed by atoms with E-state index in [1.54, 1.807) is 0 Å². The van der Waals surface area contributed by atoms with E-state index < -0.39 is 11.7 Å². The quantitative estimate of drug-likeness (QED) is 0.387. The number of nitriles is 1. The van der Waals surface area contributed by atoms with Crippen LogP contribution >= 0.6 is 0 Å². The van der Waals surface area contributed by atoms with E-state index in [4.69, 9.17) is 9.72 Å². The van der Waals surface area contributed by atoms with E-state index >= 15 is 0 Å². The fourth-order valence-electron chi connectivity index (χ4n) is 6.74. The zero-order chi connectivity index (χ0) is 30.2. The van der Waals surface area contributed by atoms with Gasteiger partial charge in [0.05, 0.1) is 17.9 Å². The number of nitrogens with zero attached hydrogens (tertiary/aromatic N) is 6. The lowest BCUT2D eigenvalue weighted by atomic mass is 9.96. The van der Waals surface area contributed by atoms with Crippen LogP contribution in [0.15, 0.2) is 42.7 Å². The highest BCUT2D eigenvalue weighted by atomic mass is 19.1. The second kappa shape index (κ2) is 11.8. The van der Waals surface area contributed by atoms with Crippen LogP contribution in [-0.2, 0) is 17.8 Å². The molecule has 2 aromatic carbocycles. The number of fused-ring (bicyclic) bond motifs is 2. The summed E-state index contributed by atoms with van der Waals surface area (Å²) in [7, 11) is 2.08. The summed E-state index contributed by atoms with van der Waals surface area (Å²) in [5.41, 5.74) is 4.54. The number of aromatic nitrogens is 1. The van der Waals surface area contributed by atoms with Crippen LogP contribution in [0.3, 0.4) is 0 Å². The minimum absolute atomic E-state index is 0.238. The lowest BCUT2D eigenvalue weighted by Crippen LogP contribution is -2.49. The van der Waals surface area contributed by atoms with Crippen LogP contribution in [0.1, 0.15) is 35.2 Å². The summed E-state index contributed by atoms with van der Waals surface area (Å²) in [5, 5.41) is 12.3. The lowest BCUT2D eigenvalue weighted by molar-refractivity contribution is -0.128. The number of piperazine rings is 1. The molecule has 0 bridgehead atoms. The van der Waals surface area contributed by atoms with E-state index in [1.807, 2.05) is 31.2 Å². The molecule has 10 heteroatoms. The van der Waals surface area contributed by atoms with Gasteiger partial charge in [0.15, 0.2) is 5.83 Å². The molecule has 8 nitrogen and oxygen atoms in total. The maximum atomic E-state index is 14.7. The summed E-state index contributed by atoms with van der Waals surface area (Å²) in [5.74, 6) is -1.59. The summed E-state index contributed by atoms with van der Waals surface area (Å²) in [6.45, 7) is 9.07. The number of benzene rings is 2. The van der Waals surface area contributed by atoms with Crippen LogP contribution in [0.25, 0.3) is 10.8 Å². The smallest absolute Gasteiger partial charge is 0.282 e. The number of rotatable bonds is 6. The number of anilines is 2. The maximum Gasteiger partial charge on any atom is 0.282 e. The predicted molar refractivity (Wildman–Crippen MR) is 163 cm³/mol. The number of carbonyl (C=O) groups excluding carboxylic acids is 1. The first-order chi connectivity index (χ1) is 20.8. The largest absolute Gasteiger partial charge is 0.475 e. The first-order valence-electron chi connectivity index (χ1n) is 14.9. The topological polar surface area (TPSA) is 75.9 Å². The van der Waals surface area contributed by atoms with Gasteiger partial charge in [0.1, 0.15) is 24.1 Å². The molecule has 0 radical (unpaired) electrons. The normalized spacial score (nSPS) is 19.0. The molecular weight excluding hydrogens is 550 g/mol. The molecule has 0 saturated carbocycles. The standard InChI is InChI=1S/C33H36F2N6O2/c1-21-27(35)10-9-23-6-4-8-29(30(21)23)41-13-11-25-28(19-41)37-32(43-20-24-7-5-12-38(24)3)26(18-36)31(25)39-14-16-40(17-15-39)33(42)22(2)34/h4,6,8-10,24H,2,5,7,11-17,19-20H2,1,3H3. The molecule has 2 saturated heterocycles. The molecule has 0 aliphatic carbocycles. The number of hydrogen-bond donors (Lipinski definition) is 0. The Morgan fingerprint density at radius 3 is 2.63 bits per heavy atom. The van der Waals surface area contributed by atoms with Gasteiger partial charge in [0.25, 0.3) is 5.91 Å². The Labute approximate surface area is 250 Å². The van der Waals surface area contributed by atoms with Crippen LogP contribution in [0, 0.1) is 24.1 Å². The summed E-state index contributed by atoms with van der Waals surface area (Å²) in [4.78, 5) is 25.2. The Kier molecular flexibility index (Phi) is 7.93. The van der Waals surface area contributed by atoms with Crippen molar-refractivity contribution in [1.82, 2.24) is 14.8 Å². The average molecular weight is 587 g/mol. The van der Waals surface area contributed by atoms with Crippen molar-refractivity contribution < 1.29 is 18.3 Å². The third kappa shape index (κ3) is 5.38. The van der Waals surface area contributed by atoms with E-state index in [0.29, 0.717) is 69.3 Å². The van der Waals surface area contributed by atoms with Gasteiger partial charge in [-0.2, -0.15) is 5.26 Å². The number of amides is 1. The molecule has 1 atom stereocenters. The molecular formula is C33H36F2N6O2. The summed E-state index contributed by atoms with van der Waals surface area (Å²) in [6.07, 6.45) is 2.76. The van der Waals surface area contributed by atoms with E-state index in [1.165, 1.54) is 11.0 Å². The third-order valence-corrected chi connectivity index (χ3v) is 9.16. The van der Waals surface area contributed by atoms with Crippen molar-refractivity contribution in [3.8, 4) is 11.9 Å². The van der Waals surface area contributed by atoms with Crippen LogP contribution in [0.2, 0.25) is 0 Å². The van der Waals surface area contributed by atoms with Crippen molar-refractivity contribution in [2.75, 3.05) is 62.7 Å². The van der Waals surface area contributed by atoms with Crippen LogP contribution in [-0.4, -0.2) is 79.7 Å². The van der Waals surface area contributed by atoms with Crippen molar-refractivity contribution in [3.05, 3.63) is 70.9 Å². The van der Waals surface area contributed by atoms with Gasteiger partial charge in [-0.25, -0.2) is 13.8 Å². The molecule has 1 aromatic heterocycles. The highest BCUT2D eigenvalue weighted by Gasteiger charge is 2.33. The number of carbonyl (C=O) groups is 1. The van der Waals surface area contributed by atoms with Crippen molar-refractivity contribution >= 4 is 28.1 Å². The lowest BCUT2D eigenvalue weighted by Gasteiger charge is -2.39. The Bertz CT molecular complexity index is 1630. The molecule has 224 valence electrons. The van der Waals surface area contributed by atoms with Crippen LogP contribution in [0.4, 0.5) is 20.2 Å². The minimum atomic E-state index is -0.969. The van der Waals surface area contributed by atoms with Gasteiger partial charge in [0, 0.05) is 55.4 Å². The molecule has 0 spiro atoms. The number of likely N-dealkylation sites (N-methyl/N-ethyl adjacent to an activating group) is 1. The van der Waals surface area contributed by atoms with E-state index in [9.17, 15) is 18.8 Å². The Morgan fingerprint density at radius 2 is 1.93 bits per heavy atom. The van der Waals surface area contributed by atoms with E-state index in [0.717, 1.165) is 52.8 Å². The molecule has 6 rings (SSSR count). The van der Waals surface area contributed by atoms with Gasteiger partial charge in [-0.3, -0.25) is 4.79 Å². The monoisotopic (exact) mass is 586 g/mol. The molecule has 3 aromatic rings. The number of halogens is 2. The van der Waals surface area contributed by atoms with E-state index in [-0.39, 0.29) is 11.9 Å². The first kappa shape index (κ1) is 28.9. The summed E-state index contributed by atoms with van der Waals surface area (Å²) < 4.78 is 34.5. The van der Waals surface area contributed by atoms with Gasteiger partial charge in [-0.15, -0.1) is 0 Å². The zero-order valence-electron chi connectivity index (χ0n) is 24.7. The van der Waals surface area contributed by atoms with Crippen LogP contribution in [0.5, 0.6) is 5.88 Å². The van der Waals surface area contributed by atoms with Gasteiger partial charge >= 0.3 is 0 Å². The number of ether oxygens (including phenoxy) is 1. The van der Waals surface area contributed by atoms with Crippen molar-refractivity contribution in [2.24, 2.45) is 0 Å². The van der Waals surface area contributed by atoms with Gasteiger partial charge in [-0.05, 0) is 62.9 Å². The fourth-order valence-corrected chi connectivity index (χ4v) is 6.74. The van der Waals surface area contributed by atoms with E-state index in [2.05, 4.69) is 34.4 Å². The Balaban J connectivity index is 1.38. The van der Waals surface area contributed by atoms with Crippen molar-refractivity contribution in [3.63, 3.8) is 0 Å². The number of likely N-dealkylation sites (tertiary alicyclic amines) is 1. The highest BCUT2D eigenvalue weighted by molar-refractivity contribution is 5.97. The Morgan fingerprint density at radius 1 is 1.14 bits per heavy atom. The molecule has 0 N–H and O–H groups in total. The van der Waals surface area contributed by atoms with Gasteiger partial charge < -0.3 is 24.3 Å². The van der Waals surface area contributed by atoms with Crippen molar-refractivity contribution in [1.29, 1.82) is 5.26 Å². The number of hydrogen-bond acceptors (Lipinski definition) is 7. The summed E-state index contributed by atoms with van der Waals surface area (Å²) in [6, 6.07) is 11.9. The second-order valence-electron chi connectivity index (χ2n) is 11.7. The molecule has 3 aliphatic rings. The summed E-state index contributed by atoms with van der Waals surface area (Å²) >= 11 is 0. The molecule has 43 heavy (non-hydrogen) atoms. The third-order valence-electron chi connectivity index (χ3n) is 9.16. The minimum Gasteiger partial charge on any atom is -0.475 e. The van der Waals surface area contributed by atoms with Gasteiger partial charge in [-0.1, -0.05) is 24.8 Å². The van der Waals surface area contributed by atoms with Gasteiger partial charge in [0.2, 0.25) is 5.88 Å². The molecule has 1 amide bonds. The highest BCUT2D eigenvalue weighted by Crippen LogP contribution is 2.40. The number of aryl methyl sites for hydroxylation is 1. The number of pyridine rings is 1. The molecule has 2 fully saturated rings. The fraction of sp³-hybridized carbons (Fsp3) is 0.424. The molecule has 1 unspecified atom stereocenters. The first-order valence-corrected chi connectivity index (χ1v) is 14.9. The zero-order valence-corrected chi connectivity index (χ0v) is 24.7. The SMILES string of the molecule is C=C(F)C(=O)N1CCN(c2c(C#N)c(OCC3CCCN3C)nc3c2CCN(c2cccc4ccc(F)c(C)c24)C3)CC1. The maximum absolute atomic E-state index is 14.7. The predicted octanol–water partition coefficient (Wildman–Crippen LogP) is 4.72. The Hall–Kier alpha value is -4.23. The van der Waals surface area contributed by atoms with Crippen molar-refractivity contribution in [2.45, 2.75) is 38.8 Å². The second-order valence-corrected chi connectivity index (χ2v) is 11.7. The molecule has 3 aliphatic heterocycles. The average Bonchev–Trinajstić information content (AvgIpc) is 3.44. The van der Waals surface area contributed by atoms with Crippen LogP contribution < -0.4 is 14.5 Å². The molecule has 4 heterocycles.